The molecule has 0 amide bonds. The fourth-order valence-electron chi connectivity index (χ4n) is 3.11. The van der Waals surface area contributed by atoms with E-state index in [2.05, 4.69) is 15.0 Å². The van der Waals surface area contributed by atoms with Gasteiger partial charge >= 0.3 is 12.4 Å². The predicted molar refractivity (Wildman–Crippen MR) is 102 cm³/mol. The molecule has 166 valence electrons. The van der Waals surface area contributed by atoms with Crippen LogP contribution < -0.4 is 16.4 Å². The van der Waals surface area contributed by atoms with Crippen LogP contribution in [-0.2, 0) is 12.4 Å². The Morgan fingerprint density at radius 1 is 0.968 bits per heavy atom. The number of pyridine rings is 2. The van der Waals surface area contributed by atoms with Crippen LogP contribution >= 0.6 is 0 Å². The molecule has 0 saturated heterocycles. The third-order valence-corrected chi connectivity index (χ3v) is 4.68. The number of nitrogens with zero attached hydrogens (tertiary/aromatic N) is 4. The molecule has 0 radical (unpaired) electrons. The summed E-state index contributed by atoms with van der Waals surface area (Å²) in [4.78, 5) is 13.0. The maximum Gasteiger partial charge on any atom is 0.419 e. The van der Waals surface area contributed by atoms with Crippen molar-refractivity contribution in [2.24, 2.45) is 16.5 Å². The highest BCUT2D eigenvalue weighted by Crippen LogP contribution is 2.36. The molecule has 2 aromatic rings. The molecule has 0 spiro atoms. The van der Waals surface area contributed by atoms with Crippen molar-refractivity contribution in [3.63, 3.8) is 0 Å². The lowest BCUT2D eigenvalue weighted by molar-refractivity contribution is -0.138. The number of halogens is 6. The molecule has 1 aliphatic heterocycles. The zero-order valence-corrected chi connectivity index (χ0v) is 16.0. The van der Waals surface area contributed by atoms with Crippen molar-refractivity contribution in [1.82, 2.24) is 9.97 Å². The summed E-state index contributed by atoms with van der Waals surface area (Å²) in [5, 5.41) is 0. The maximum absolute atomic E-state index is 13.3. The third kappa shape index (κ3) is 5.25. The van der Waals surface area contributed by atoms with Gasteiger partial charge in [-0.15, -0.1) is 0 Å². The Balaban J connectivity index is 1.80. The minimum absolute atomic E-state index is 0.0454. The smallest absolute Gasteiger partial charge is 0.402 e. The van der Waals surface area contributed by atoms with Gasteiger partial charge in [0.2, 0.25) is 0 Å². The van der Waals surface area contributed by atoms with Gasteiger partial charge in [-0.2, -0.15) is 26.3 Å². The van der Waals surface area contributed by atoms with Crippen LogP contribution in [0.3, 0.4) is 0 Å². The van der Waals surface area contributed by atoms with Crippen LogP contribution in [0.25, 0.3) is 0 Å². The first-order valence-corrected chi connectivity index (χ1v) is 9.09. The van der Waals surface area contributed by atoms with Crippen molar-refractivity contribution in [3.8, 4) is 0 Å². The quantitative estimate of drug-likeness (QED) is 0.424. The van der Waals surface area contributed by atoms with E-state index in [9.17, 15) is 26.3 Å². The number of aliphatic imine (C=N–C) groups is 1. The van der Waals surface area contributed by atoms with Gasteiger partial charge in [-0.05, 0) is 30.7 Å². The molecule has 0 atom stereocenters. The molecule has 0 aliphatic carbocycles. The van der Waals surface area contributed by atoms with Crippen LogP contribution in [0.5, 0.6) is 0 Å². The maximum atomic E-state index is 13.3. The predicted octanol–water partition coefficient (Wildman–Crippen LogP) is 4.02. The first kappa shape index (κ1) is 22.4. The van der Waals surface area contributed by atoms with Crippen molar-refractivity contribution >= 4 is 17.5 Å². The van der Waals surface area contributed by atoms with E-state index >= 15 is 0 Å². The molecule has 4 N–H and O–H groups in total. The van der Waals surface area contributed by atoms with Gasteiger partial charge < -0.3 is 16.4 Å². The number of aromatic nitrogens is 2. The number of nitrogens with two attached hydrogens (primary N) is 2. The molecule has 3 heterocycles. The highest BCUT2D eigenvalue weighted by Gasteiger charge is 2.36. The summed E-state index contributed by atoms with van der Waals surface area (Å²) in [6.07, 6.45) is -6.79. The molecule has 2 aromatic heterocycles. The lowest BCUT2D eigenvalue weighted by Gasteiger charge is -2.24. The van der Waals surface area contributed by atoms with Gasteiger partial charge in [0.05, 0.1) is 11.1 Å². The van der Waals surface area contributed by atoms with Crippen LogP contribution in [-0.4, -0.2) is 28.9 Å². The molecule has 12 heteroatoms. The van der Waals surface area contributed by atoms with Gasteiger partial charge in [-0.3, -0.25) is 0 Å². The van der Waals surface area contributed by atoms with E-state index in [4.69, 9.17) is 11.5 Å². The molecule has 31 heavy (non-hydrogen) atoms. The highest BCUT2D eigenvalue weighted by molar-refractivity contribution is 5.99. The normalized spacial score (nSPS) is 16.5. The molecule has 0 fully saturated rings. The standard InChI is InChI=1S/C19H18F6N6/c20-18(21,22)11-3-4-15(29-10-11)30-16(27)12-5-8-31(9-6-14(12)26)17-13(19(23,24)25)2-1-7-28-17/h1-4,7,10H,5-6,8-9,26H2,(H2,27,29,30). The average molecular weight is 444 g/mol. The number of rotatable bonds is 3. The molecule has 6 nitrogen and oxygen atoms in total. The molecular weight excluding hydrogens is 426 g/mol. The van der Waals surface area contributed by atoms with Crippen molar-refractivity contribution < 1.29 is 26.3 Å². The minimum atomic E-state index is -4.56. The molecule has 1 aliphatic rings. The van der Waals surface area contributed by atoms with Crippen LogP contribution in [0.4, 0.5) is 38.0 Å². The van der Waals surface area contributed by atoms with E-state index in [1.165, 1.54) is 17.2 Å². The molecule has 0 unspecified atom stereocenters. The van der Waals surface area contributed by atoms with E-state index in [1.54, 1.807) is 0 Å². The van der Waals surface area contributed by atoms with Crippen LogP contribution in [0.15, 0.2) is 52.9 Å². The van der Waals surface area contributed by atoms with E-state index in [0.717, 1.165) is 18.2 Å². The van der Waals surface area contributed by atoms with Gasteiger partial charge in [-0.1, -0.05) is 0 Å². The Labute approximate surface area is 173 Å². The number of amidine groups is 1. The molecule has 3 rings (SSSR count). The van der Waals surface area contributed by atoms with E-state index in [-0.39, 0.29) is 43.4 Å². The first-order valence-electron chi connectivity index (χ1n) is 9.09. The SMILES string of the molecule is NC(=Nc1ccc(C(F)(F)F)cn1)C1=C(N)CCN(c2ncccc2C(F)(F)F)CC1. The van der Waals surface area contributed by atoms with Crippen molar-refractivity contribution in [3.05, 3.63) is 59.1 Å². The number of alkyl halides is 6. The summed E-state index contributed by atoms with van der Waals surface area (Å²) >= 11 is 0. The molecular formula is C19H18F6N6. The largest absolute Gasteiger partial charge is 0.419 e. The lowest BCUT2D eigenvalue weighted by Crippen LogP contribution is -2.28. The number of hydrogen-bond donors (Lipinski definition) is 2. The summed E-state index contributed by atoms with van der Waals surface area (Å²) in [5.74, 6) is -0.302. The van der Waals surface area contributed by atoms with Crippen molar-refractivity contribution in [2.75, 3.05) is 18.0 Å². The first-order chi connectivity index (χ1) is 14.5. The number of hydrogen-bond acceptors (Lipinski definition) is 5. The second-order valence-corrected chi connectivity index (χ2v) is 6.76. The van der Waals surface area contributed by atoms with Gasteiger partial charge in [0, 0.05) is 43.2 Å². The Morgan fingerprint density at radius 2 is 1.68 bits per heavy atom. The Kier molecular flexibility index (Phi) is 6.09. The fourth-order valence-corrected chi connectivity index (χ4v) is 3.11. The topological polar surface area (TPSA) is 93.4 Å². The summed E-state index contributed by atoms with van der Waals surface area (Å²) in [5.41, 5.74) is 11.0. The van der Waals surface area contributed by atoms with Crippen molar-refractivity contribution in [2.45, 2.75) is 25.2 Å². The summed E-state index contributed by atoms with van der Waals surface area (Å²) in [6, 6.07) is 4.06. The Hall–Kier alpha value is -3.31. The zero-order chi connectivity index (χ0) is 22.8. The number of anilines is 1. The van der Waals surface area contributed by atoms with Crippen LogP contribution in [0.1, 0.15) is 24.0 Å². The third-order valence-electron chi connectivity index (χ3n) is 4.68. The van der Waals surface area contributed by atoms with E-state index in [1.807, 2.05) is 0 Å². The minimum Gasteiger partial charge on any atom is -0.402 e. The Bertz CT molecular complexity index is 994. The summed E-state index contributed by atoms with van der Waals surface area (Å²) in [6.45, 7) is 0.327. The molecule has 0 saturated carbocycles. The van der Waals surface area contributed by atoms with Crippen LogP contribution in [0, 0.1) is 0 Å². The van der Waals surface area contributed by atoms with Gasteiger partial charge in [0.15, 0.2) is 5.82 Å². The van der Waals surface area contributed by atoms with Crippen LogP contribution in [0.2, 0.25) is 0 Å². The monoisotopic (exact) mass is 444 g/mol. The Morgan fingerprint density at radius 3 is 2.29 bits per heavy atom. The van der Waals surface area contributed by atoms with Gasteiger partial charge in [0.1, 0.15) is 11.7 Å². The van der Waals surface area contributed by atoms with Crippen molar-refractivity contribution in [1.29, 1.82) is 0 Å². The fraction of sp³-hybridized carbons (Fsp3) is 0.316. The van der Waals surface area contributed by atoms with Gasteiger partial charge in [0.25, 0.3) is 0 Å². The zero-order valence-electron chi connectivity index (χ0n) is 16.0. The summed E-state index contributed by atoms with van der Waals surface area (Å²) in [7, 11) is 0. The van der Waals surface area contributed by atoms with E-state index < -0.39 is 23.5 Å². The van der Waals surface area contributed by atoms with Gasteiger partial charge in [-0.25, -0.2) is 15.0 Å². The molecule has 0 bridgehead atoms. The second-order valence-electron chi connectivity index (χ2n) is 6.76. The lowest BCUT2D eigenvalue weighted by atomic mass is 10.1. The highest BCUT2D eigenvalue weighted by atomic mass is 19.4. The van der Waals surface area contributed by atoms with E-state index in [0.29, 0.717) is 17.5 Å². The summed E-state index contributed by atoms with van der Waals surface area (Å²) < 4.78 is 77.9. The average Bonchev–Trinajstić information content (AvgIpc) is 2.89. The molecule has 0 aromatic carbocycles. The second kappa shape index (κ2) is 8.44.